The van der Waals surface area contributed by atoms with Gasteiger partial charge in [0.1, 0.15) is 0 Å². The van der Waals surface area contributed by atoms with Crippen LogP contribution in [0.2, 0.25) is 0 Å². The zero-order chi connectivity index (χ0) is 31.7. The van der Waals surface area contributed by atoms with Gasteiger partial charge in [-0.1, -0.05) is 115 Å². The van der Waals surface area contributed by atoms with E-state index >= 15 is 0 Å². The van der Waals surface area contributed by atoms with Crippen LogP contribution in [0, 0.1) is 0 Å². The van der Waals surface area contributed by atoms with Crippen molar-refractivity contribution in [2.45, 2.75) is 39.1 Å². The summed E-state index contributed by atoms with van der Waals surface area (Å²) in [5.41, 5.74) is 5.03. The number of carbonyl (C=O) groups is 3. The molecule has 0 aliphatic carbocycles. The molecule has 0 aliphatic heterocycles. The second-order valence-corrected chi connectivity index (χ2v) is 10.8. The molecule has 0 unspecified atom stereocenters. The topological polar surface area (TPSA) is 106 Å². The summed E-state index contributed by atoms with van der Waals surface area (Å²) in [4.78, 5) is 41.3. The Kier molecular flexibility index (Phi) is 12.8. The lowest BCUT2D eigenvalue weighted by atomic mass is 10.1. The number of benzene rings is 4. The Bertz CT molecular complexity index is 1440. The molecule has 0 aliphatic rings. The quantitative estimate of drug-likeness (QED) is 0.140. The van der Waals surface area contributed by atoms with Crippen LogP contribution in [-0.2, 0) is 32.7 Å². The summed E-state index contributed by atoms with van der Waals surface area (Å²) in [6, 6.07) is 36.8. The molecule has 0 fully saturated rings. The van der Waals surface area contributed by atoms with Gasteiger partial charge in [-0.3, -0.25) is 0 Å². The van der Waals surface area contributed by atoms with E-state index in [0.717, 1.165) is 27.8 Å². The lowest BCUT2D eigenvalue weighted by Crippen LogP contribution is -2.40. The largest absolute Gasteiger partial charge is 0.338 e. The standard InChI is InChI=1S/C36H42N6O3/c1-41(35(44)39-24-29-13-5-2-6-14-29)22-12-21-37-34(43)38-25-32-19-11-20-33(23-32)26-40-36(45)42(27-30-15-7-3-8-16-30)28-31-17-9-4-10-18-31/h2-11,13-20,23H,12,21-22,24-28H2,1H3,(H,39,44)(H,40,45)(H2,37,38,43). The SMILES string of the molecule is CN(CCCNC(=O)NCc1cccc(CNC(=O)N(Cc2ccccc2)Cc2ccccc2)c1)C(=O)NCc1ccccc1. The summed E-state index contributed by atoms with van der Waals surface area (Å²) in [6.45, 7) is 3.14. The van der Waals surface area contributed by atoms with Gasteiger partial charge in [0.05, 0.1) is 0 Å². The Balaban J connectivity index is 1.17. The molecule has 234 valence electrons. The molecule has 4 rings (SSSR count). The van der Waals surface area contributed by atoms with Crippen molar-refractivity contribution in [3.05, 3.63) is 143 Å². The van der Waals surface area contributed by atoms with Gasteiger partial charge < -0.3 is 31.1 Å². The van der Waals surface area contributed by atoms with Gasteiger partial charge >= 0.3 is 18.1 Å². The van der Waals surface area contributed by atoms with Gasteiger partial charge in [-0.05, 0) is 34.2 Å². The molecule has 0 saturated carbocycles. The summed E-state index contributed by atoms with van der Waals surface area (Å²) in [7, 11) is 1.74. The minimum absolute atomic E-state index is 0.148. The van der Waals surface area contributed by atoms with Crippen molar-refractivity contribution >= 4 is 18.1 Å². The second kappa shape index (κ2) is 17.7. The van der Waals surface area contributed by atoms with Crippen molar-refractivity contribution in [1.29, 1.82) is 0 Å². The van der Waals surface area contributed by atoms with Gasteiger partial charge in [-0.25, -0.2) is 14.4 Å². The predicted octanol–water partition coefficient (Wildman–Crippen LogP) is 5.63. The fraction of sp³-hybridized carbons (Fsp3) is 0.250. The molecule has 45 heavy (non-hydrogen) atoms. The Morgan fingerprint density at radius 1 is 0.533 bits per heavy atom. The van der Waals surface area contributed by atoms with Crippen LogP contribution in [0.3, 0.4) is 0 Å². The molecule has 0 aromatic heterocycles. The third-order valence-electron chi connectivity index (χ3n) is 7.20. The first-order chi connectivity index (χ1) is 22.0. The van der Waals surface area contributed by atoms with Gasteiger partial charge in [0, 0.05) is 52.9 Å². The van der Waals surface area contributed by atoms with Crippen molar-refractivity contribution in [3.63, 3.8) is 0 Å². The Morgan fingerprint density at radius 2 is 1.00 bits per heavy atom. The molecule has 6 amide bonds. The third kappa shape index (κ3) is 11.7. The molecule has 9 nitrogen and oxygen atoms in total. The molecule has 0 radical (unpaired) electrons. The van der Waals surface area contributed by atoms with E-state index in [-0.39, 0.29) is 18.1 Å². The number of nitrogens with one attached hydrogen (secondary N) is 4. The van der Waals surface area contributed by atoms with Gasteiger partial charge in [0.15, 0.2) is 0 Å². The van der Waals surface area contributed by atoms with Gasteiger partial charge in [0.25, 0.3) is 0 Å². The number of hydrogen-bond acceptors (Lipinski definition) is 3. The number of urea groups is 3. The molecule has 4 aromatic carbocycles. The Hall–Kier alpha value is -5.31. The first-order valence-corrected chi connectivity index (χ1v) is 15.2. The van der Waals surface area contributed by atoms with E-state index in [2.05, 4.69) is 21.3 Å². The maximum absolute atomic E-state index is 13.2. The number of hydrogen-bond donors (Lipinski definition) is 4. The maximum Gasteiger partial charge on any atom is 0.318 e. The van der Waals surface area contributed by atoms with Crippen molar-refractivity contribution < 1.29 is 14.4 Å². The van der Waals surface area contributed by atoms with Crippen molar-refractivity contribution in [1.82, 2.24) is 31.1 Å². The van der Waals surface area contributed by atoms with E-state index in [9.17, 15) is 14.4 Å². The monoisotopic (exact) mass is 606 g/mol. The summed E-state index contributed by atoms with van der Waals surface area (Å²) in [5.74, 6) is 0. The highest BCUT2D eigenvalue weighted by Crippen LogP contribution is 2.11. The minimum atomic E-state index is -0.276. The van der Waals surface area contributed by atoms with Gasteiger partial charge in [-0.15, -0.1) is 0 Å². The highest BCUT2D eigenvalue weighted by molar-refractivity contribution is 5.75. The van der Waals surface area contributed by atoms with Gasteiger partial charge in [-0.2, -0.15) is 0 Å². The highest BCUT2D eigenvalue weighted by atomic mass is 16.2. The van der Waals surface area contributed by atoms with Crippen LogP contribution < -0.4 is 21.3 Å². The van der Waals surface area contributed by atoms with Crippen LogP contribution in [0.5, 0.6) is 0 Å². The van der Waals surface area contributed by atoms with Crippen molar-refractivity contribution in [2.75, 3.05) is 20.1 Å². The molecule has 4 N–H and O–H groups in total. The van der Waals surface area contributed by atoms with E-state index in [4.69, 9.17) is 0 Å². The Labute approximate surface area is 265 Å². The second-order valence-electron chi connectivity index (χ2n) is 10.8. The summed E-state index contributed by atoms with van der Waals surface area (Å²) in [5, 5.41) is 11.7. The van der Waals surface area contributed by atoms with E-state index in [1.165, 1.54) is 0 Å². The zero-order valence-corrected chi connectivity index (χ0v) is 25.7. The third-order valence-corrected chi connectivity index (χ3v) is 7.20. The number of nitrogens with zero attached hydrogens (tertiary/aromatic N) is 2. The smallest absolute Gasteiger partial charge is 0.318 e. The minimum Gasteiger partial charge on any atom is -0.338 e. The van der Waals surface area contributed by atoms with Crippen LogP contribution in [0.25, 0.3) is 0 Å². The average Bonchev–Trinajstić information content (AvgIpc) is 3.08. The molecule has 4 aromatic rings. The van der Waals surface area contributed by atoms with E-state index < -0.39 is 0 Å². The predicted molar refractivity (Wildman–Crippen MR) is 177 cm³/mol. The molecule has 0 heterocycles. The number of amides is 6. The lowest BCUT2D eigenvalue weighted by molar-refractivity contribution is 0.192. The van der Waals surface area contributed by atoms with Crippen molar-refractivity contribution in [2.24, 2.45) is 0 Å². The first-order valence-electron chi connectivity index (χ1n) is 15.2. The molecular formula is C36H42N6O3. The van der Waals surface area contributed by atoms with Crippen LogP contribution in [-0.4, -0.2) is 48.0 Å². The van der Waals surface area contributed by atoms with Crippen LogP contribution in [0.15, 0.2) is 115 Å². The van der Waals surface area contributed by atoms with Crippen LogP contribution >= 0.6 is 0 Å². The normalized spacial score (nSPS) is 10.4. The fourth-order valence-electron chi connectivity index (χ4n) is 4.72. The Morgan fingerprint density at radius 3 is 1.58 bits per heavy atom. The van der Waals surface area contributed by atoms with E-state index in [1.54, 1.807) is 16.8 Å². The van der Waals surface area contributed by atoms with Crippen LogP contribution in [0.1, 0.15) is 34.2 Å². The van der Waals surface area contributed by atoms with Gasteiger partial charge in [0.2, 0.25) is 0 Å². The first kappa shape index (κ1) is 32.6. The maximum atomic E-state index is 13.2. The lowest BCUT2D eigenvalue weighted by Gasteiger charge is -2.23. The molecule has 0 bridgehead atoms. The van der Waals surface area contributed by atoms with E-state index in [0.29, 0.717) is 52.2 Å². The fourth-order valence-corrected chi connectivity index (χ4v) is 4.72. The highest BCUT2D eigenvalue weighted by Gasteiger charge is 2.15. The summed E-state index contributed by atoms with van der Waals surface area (Å²) in [6.07, 6.45) is 0.628. The zero-order valence-electron chi connectivity index (χ0n) is 25.7. The molecule has 0 saturated heterocycles. The summed E-state index contributed by atoms with van der Waals surface area (Å²) < 4.78 is 0. The number of carbonyl (C=O) groups excluding carboxylic acids is 3. The average molecular weight is 607 g/mol. The number of rotatable bonds is 14. The van der Waals surface area contributed by atoms with E-state index in [1.807, 2.05) is 115 Å². The molecule has 0 atom stereocenters. The molecular weight excluding hydrogens is 564 g/mol. The van der Waals surface area contributed by atoms with Crippen molar-refractivity contribution in [3.8, 4) is 0 Å². The van der Waals surface area contributed by atoms with Crippen LogP contribution in [0.4, 0.5) is 14.4 Å². The molecule has 0 spiro atoms. The molecule has 9 heteroatoms. The summed E-state index contributed by atoms with van der Waals surface area (Å²) >= 11 is 0.